The highest BCUT2D eigenvalue weighted by atomic mass is 35.5. The Hall–Kier alpha value is -1.86. The van der Waals surface area contributed by atoms with E-state index in [1.54, 1.807) is 12.1 Å². The van der Waals surface area contributed by atoms with Crippen molar-refractivity contribution in [3.8, 4) is 11.5 Å². The quantitative estimate of drug-likeness (QED) is 0.516. The summed E-state index contributed by atoms with van der Waals surface area (Å²) in [5.41, 5.74) is 1.36. The van der Waals surface area contributed by atoms with Gasteiger partial charge in [-0.15, -0.1) is 0 Å². The standard InChI is InChI=1S/C23H25Cl2FN2O3/c1-23(4-5-23)15-9-16(26)11-18(10-15)31-22-19(24)12-17(13-20(22)25)27-21(29)8-14-2-6-28(30)7-3-14/h9-14,30H,2-8H2,1H3,(H,27,29). The van der Waals surface area contributed by atoms with Crippen LogP contribution in [0.15, 0.2) is 30.3 Å². The second kappa shape index (κ2) is 8.94. The molecule has 0 radical (unpaired) electrons. The average molecular weight is 467 g/mol. The highest BCUT2D eigenvalue weighted by molar-refractivity contribution is 6.37. The number of nitrogens with zero attached hydrogens (tertiary/aromatic N) is 1. The van der Waals surface area contributed by atoms with Crippen molar-refractivity contribution in [2.45, 2.75) is 44.4 Å². The first-order valence-corrected chi connectivity index (χ1v) is 11.2. The van der Waals surface area contributed by atoms with Crippen LogP contribution in [0.1, 0.15) is 44.6 Å². The molecular formula is C23H25Cl2FN2O3. The van der Waals surface area contributed by atoms with Gasteiger partial charge in [-0.3, -0.25) is 4.79 Å². The largest absolute Gasteiger partial charge is 0.454 e. The number of benzene rings is 2. The third-order valence-corrected chi connectivity index (χ3v) is 6.70. The molecule has 0 aromatic heterocycles. The van der Waals surface area contributed by atoms with Crippen molar-refractivity contribution in [2.75, 3.05) is 18.4 Å². The highest BCUT2D eigenvalue weighted by Gasteiger charge is 2.39. The number of hydrogen-bond acceptors (Lipinski definition) is 4. The van der Waals surface area contributed by atoms with E-state index in [1.807, 2.05) is 6.07 Å². The van der Waals surface area contributed by atoms with Crippen LogP contribution in [-0.4, -0.2) is 29.3 Å². The van der Waals surface area contributed by atoms with E-state index in [0.29, 0.717) is 30.9 Å². The monoisotopic (exact) mass is 466 g/mol. The minimum atomic E-state index is -0.371. The molecule has 0 bridgehead atoms. The lowest BCUT2D eigenvalue weighted by molar-refractivity contribution is -0.123. The Bertz CT molecular complexity index is 966. The number of rotatable bonds is 6. The van der Waals surface area contributed by atoms with Crippen LogP contribution in [-0.2, 0) is 10.2 Å². The zero-order chi connectivity index (χ0) is 22.2. The van der Waals surface area contributed by atoms with Crippen molar-refractivity contribution >= 4 is 34.8 Å². The summed E-state index contributed by atoms with van der Waals surface area (Å²) < 4.78 is 19.9. The van der Waals surface area contributed by atoms with Crippen LogP contribution in [0.4, 0.5) is 10.1 Å². The Kier molecular flexibility index (Phi) is 6.44. The molecule has 1 aliphatic carbocycles. The lowest BCUT2D eigenvalue weighted by atomic mass is 9.94. The van der Waals surface area contributed by atoms with Gasteiger partial charge in [0.1, 0.15) is 11.6 Å². The Morgan fingerprint density at radius 1 is 1.19 bits per heavy atom. The van der Waals surface area contributed by atoms with E-state index in [4.69, 9.17) is 27.9 Å². The number of ether oxygens (including phenoxy) is 1. The Labute approximate surface area is 191 Å². The van der Waals surface area contributed by atoms with E-state index < -0.39 is 0 Å². The maximum absolute atomic E-state index is 14.1. The molecule has 2 N–H and O–H groups in total. The van der Waals surface area contributed by atoms with Gasteiger partial charge in [-0.2, -0.15) is 5.06 Å². The molecule has 2 aliphatic rings. The fraction of sp³-hybridized carbons (Fsp3) is 0.435. The zero-order valence-electron chi connectivity index (χ0n) is 17.3. The molecule has 0 atom stereocenters. The first-order valence-electron chi connectivity index (χ1n) is 10.4. The van der Waals surface area contributed by atoms with Gasteiger partial charge in [-0.05, 0) is 66.8 Å². The predicted octanol–water partition coefficient (Wildman–Crippen LogP) is 6.41. The molecule has 4 rings (SSSR count). The molecule has 5 nitrogen and oxygen atoms in total. The van der Waals surface area contributed by atoms with Gasteiger partial charge < -0.3 is 15.3 Å². The number of carbonyl (C=O) groups excluding carboxylic acids is 1. The normalized spacial score (nSPS) is 18.6. The summed E-state index contributed by atoms with van der Waals surface area (Å²) in [6, 6.07) is 7.79. The van der Waals surface area contributed by atoms with Crippen molar-refractivity contribution in [3.63, 3.8) is 0 Å². The Balaban J connectivity index is 1.44. The third-order valence-electron chi connectivity index (χ3n) is 6.14. The molecule has 1 heterocycles. The molecule has 166 valence electrons. The summed E-state index contributed by atoms with van der Waals surface area (Å²) in [5, 5.41) is 14.0. The van der Waals surface area contributed by atoms with E-state index in [-0.39, 0.29) is 38.9 Å². The van der Waals surface area contributed by atoms with Gasteiger partial charge >= 0.3 is 0 Å². The van der Waals surface area contributed by atoms with Gasteiger partial charge in [-0.1, -0.05) is 30.1 Å². The van der Waals surface area contributed by atoms with Crippen LogP contribution in [0.5, 0.6) is 11.5 Å². The van der Waals surface area contributed by atoms with Gasteiger partial charge in [0.2, 0.25) is 5.91 Å². The summed E-state index contributed by atoms with van der Waals surface area (Å²) in [6.45, 7) is 3.24. The first-order chi connectivity index (χ1) is 14.7. The summed E-state index contributed by atoms with van der Waals surface area (Å²) in [6.07, 6.45) is 3.95. The molecule has 2 aromatic carbocycles. The van der Waals surface area contributed by atoms with Gasteiger partial charge in [0, 0.05) is 31.3 Å². The number of anilines is 1. The molecule has 2 fully saturated rings. The third kappa shape index (κ3) is 5.50. The molecule has 0 spiro atoms. The molecule has 31 heavy (non-hydrogen) atoms. The number of amides is 1. The second-order valence-corrected chi connectivity index (χ2v) is 9.57. The predicted molar refractivity (Wildman–Crippen MR) is 119 cm³/mol. The van der Waals surface area contributed by atoms with Gasteiger partial charge in [-0.25, -0.2) is 4.39 Å². The summed E-state index contributed by atoms with van der Waals surface area (Å²) in [4.78, 5) is 12.4. The lowest BCUT2D eigenvalue weighted by Gasteiger charge is -2.26. The van der Waals surface area contributed by atoms with E-state index in [2.05, 4.69) is 12.2 Å². The van der Waals surface area contributed by atoms with E-state index >= 15 is 0 Å². The van der Waals surface area contributed by atoms with Gasteiger partial charge in [0.25, 0.3) is 0 Å². The molecule has 1 saturated heterocycles. The van der Waals surface area contributed by atoms with Crippen LogP contribution in [0.2, 0.25) is 10.0 Å². The Morgan fingerprint density at radius 2 is 1.84 bits per heavy atom. The number of carbonyl (C=O) groups is 1. The first kappa shape index (κ1) is 22.3. The van der Waals surface area contributed by atoms with Crippen LogP contribution in [0.25, 0.3) is 0 Å². The van der Waals surface area contributed by atoms with E-state index in [9.17, 15) is 14.4 Å². The molecule has 1 aliphatic heterocycles. The van der Waals surface area contributed by atoms with Crippen molar-refractivity contribution in [3.05, 3.63) is 51.8 Å². The molecule has 2 aromatic rings. The van der Waals surface area contributed by atoms with Crippen LogP contribution < -0.4 is 10.1 Å². The van der Waals surface area contributed by atoms with Crippen LogP contribution in [0, 0.1) is 11.7 Å². The number of piperidine rings is 1. The summed E-state index contributed by atoms with van der Waals surface area (Å²) >= 11 is 12.7. The number of halogens is 3. The summed E-state index contributed by atoms with van der Waals surface area (Å²) in [5.74, 6) is 0.272. The number of hydroxylamine groups is 2. The van der Waals surface area contributed by atoms with E-state index in [1.165, 1.54) is 17.2 Å². The maximum Gasteiger partial charge on any atom is 0.224 e. The SMILES string of the molecule is CC1(c2cc(F)cc(Oc3c(Cl)cc(NC(=O)CC4CCN(O)CC4)cc3Cl)c2)CC1. The number of nitrogens with one attached hydrogen (secondary N) is 1. The Morgan fingerprint density at radius 3 is 2.45 bits per heavy atom. The van der Waals surface area contributed by atoms with Crippen molar-refractivity contribution in [1.29, 1.82) is 0 Å². The van der Waals surface area contributed by atoms with Crippen molar-refractivity contribution < 1.29 is 19.1 Å². The minimum absolute atomic E-state index is 0.00423. The maximum atomic E-state index is 14.1. The number of hydrogen-bond donors (Lipinski definition) is 2. The zero-order valence-corrected chi connectivity index (χ0v) is 18.8. The molecule has 0 unspecified atom stereocenters. The molecule has 8 heteroatoms. The summed E-state index contributed by atoms with van der Waals surface area (Å²) in [7, 11) is 0. The van der Waals surface area contributed by atoms with E-state index in [0.717, 1.165) is 31.2 Å². The highest BCUT2D eigenvalue weighted by Crippen LogP contribution is 2.49. The molecule has 1 amide bonds. The molecule has 1 saturated carbocycles. The van der Waals surface area contributed by atoms with Crippen molar-refractivity contribution in [2.24, 2.45) is 5.92 Å². The van der Waals surface area contributed by atoms with Crippen LogP contribution in [0.3, 0.4) is 0 Å². The fourth-order valence-electron chi connectivity index (χ4n) is 3.89. The average Bonchev–Trinajstić information content (AvgIpc) is 3.45. The fourth-order valence-corrected chi connectivity index (χ4v) is 4.46. The van der Waals surface area contributed by atoms with Crippen molar-refractivity contribution in [1.82, 2.24) is 5.06 Å². The minimum Gasteiger partial charge on any atom is -0.454 e. The topological polar surface area (TPSA) is 61.8 Å². The smallest absolute Gasteiger partial charge is 0.224 e. The van der Waals surface area contributed by atoms with Gasteiger partial charge in [0.15, 0.2) is 5.75 Å². The lowest BCUT2D eigenvalue weighted by Crippen LogP contribution is -2.32. The van der Waals surface area contributed by atoms with Gasteiger partial charge in [0.05, 0.1) is 10.0 Å². The molecular weight excluding hydrogens is 442 g/mol. The van der Waals surface area contributed by atoms with Crippen LogP contribution >= 0.6 is 23.2 Å². The second-order valence-electron chi connectivity index (χ2n) is 8.76.